The lowest BCUT2D eigenvalue weighted by Crippen LogP contribution is -1.94. The number of nitrogens with zero attached hydrogens (tertiary/aromatic N) is 2. The summed E-state index contributed by atoms with van der Waals surface area (Å²) in [4.78, 5) is 4.15. The third-order valence-corrected chi connectivity index (χ3v) is 2.90. The number of rotatable bonds is 1. The molecule has 2 rings (SSSR count). The molecule has 0 aliphatic rings. The SMILES string of the molecule is Cc1cc(Br)c2nc(Cl)c(CO)n2c1. The maximum absolute atomic E-state index is 9.13. The molecule has 2 aromatic heterocycles. The van der Waals surface area contributed by atoms with E-state index >= 15 is 0 Å². The zero-order valence-electron chi connectivity index (χ0n) is 7.46. The van der Waals surface area contributed by atoms with E-state index in [1.54, 1.807) is 4.40 Å². The predicted octanol–water partition coefficient (Wildman–Crippen LogP) is 2.55. The molecular weight excluding hydrogens is 267 g/mol. The number of fused-ring (bicyclic) bond motifs is 1. The molecule has 0 atom stereocenters. The van der Waals surface area contributed by atoms with Gasteiger partial charge < -0.3 is 5.11 Å². The summed E-state index contributed by atoms with van der Waals surface area (Å²) in [6.45, 7) is 1.86. The molecule has 2 heterocycles. The zero-order chi connectivity index (χ0) is 10.3. The molecule has 0 aliphatic carbocycles. The van der Waals surface area contributed by atoms with Crippen molar-refractivity contribution in [2.45, 2.75) is 13.5 Å². The Kier molecular flexibility index (Phi) is 2.51. The first-order chi connectivity index (χ1) is 6.63. The van der Waals surface area contributed by atoms with Crippen LogP contribution in [-0.2, 0) is 6.61 Å². The minimum atomic E-state index is -0.115. The van der Waals surface area contributed by atoms with E-state index in [0.29, 0.717) is 10.8 Å². The Hall–Kier alpha value is -0.580. The largest absolute Gasteiger partial charge is 0.390 e. The monoisotopic (exact) mass is 274 g/mol. The summed E-state index contributed by atoms with van der Waals surface area (Å²) in [6.07, 6.45) is 1.89. The molecule has 5 heteroatoms. The van der Waals surface area contributed by atoms with E-state index in [0.717, 1.165) is 15.7 Å². The quantitative estimate of drug-likeness (QED) is 0.868. The highest BCUT2D eigenvalue weighted by atomic mass is 79.9. The van der Waals surface area contributed by atoms with Crippen LogP contribution >= 0.6 is 27.5 Å². The van der Waals surface area contributed by atoms with Gasteiger partial charge in [-0.25, -0.2) is 4.98 Å². The number of hydrogen-bond acceptors (Lipinski definition) is 2. The number of halogens is 2. The molecule has 14 heavy (non-hydrogen) atoms. The van der Waals surface area contributed by atoms with Crippen molar-refractivity contribution in [1.29, 1.82) is 0 Å². The summed E-state index contributed by atoms with van der Waals surface area (Å²) < 4.78 is 2.67. The summed E-state index contributed by atoms with van der Waals surface area (Å²) in [7, 11) is 0. The average Bonchev–Trinajstić information content (AvgIpc) is 2.41. The van der Waals surface area contributed by atoms with Crippen LogP contribution in [0.5, 0.6) is 0 Å². The normalized spacial score (nSPS) is 11.1. The number of imidazole rings is 1. The van der Waals surface area contributed by atoms with Crippen LogP contribution in [0, 0.1) is 6.92 Å². The van der Waals surface area contributed by atoms with Gasteiger partial charge in [0.25, 0.3) is 0 Å². The van der Waals surface area contributed by atoms with Crippen LogP contribution in [0.25, 0.3) is 5.65 Å². The Morgan fingerprint density at radius 3 is 3.00 bits per heavy atom. The minimum absolute atomic E-state index is 0.115. The van der Waals surface area contributed by atoms with Crippen LogP contribution in [-0.4, -0.2) is 14.5 Å². The van der Waals surface area contributed by atoms with Crippen molar-refractivity contribution in [3.8, 4) is 0 Å². The topological polar surface area (TPSA) is 37.5 Å². The van der Waals surface area contributed by atoms with Gasteiger partial charge in [0.15, 0.2) is 10.8 Å². The standard InChI is InChI=1S/C9H8BrClN2O/c1-5-2-6(10)9-12-8(11)7(4-14)13(9)3-5/h2-3,14H,4H2,1H3. The molecule has 0 fully saturated rings. The van der Waals surface area contributed by atoms with E-state index in [1.807, 2.05) is 19.2 Å². The highest BCUT2D eigenvalue weighted by Crippen LogP contribution is 2.24. The average molecular weight is 276 g/mol. The number of aliphatic hydroxyl groups is 1. The van der Waals surface area contributed by atoms with Gasteiger partial charge in [0.2, 0.25) is 0 Å². The smallest absolute Gasteiger partial charge is 0.153 e. The molecule has 1 N–H and O–H groups in total. The van der Waals surface area contributed by atoms with E-state index in [2.05, 4.69) is 20.9 Å². The van der Waals surface area contributed by atoms with Crippen molar-refractivity contribution in [2.75, 3.05) is 0 Å². The Morgan fingerprint density at radius 2 is 2.36 bits per heavy atom. The Bertz CT molecular complexity index is 495. The predicted molar refractivity (Wildman–Crippen MR) is 58.6 cm³/mol. The number of aromatic nitrogens is 2. The first-order valence-electron chi connectivity index (χ1n) is 4.07. The van der Waals surface area contributed by atoms with E-state index in [4.69, 9.17) is 16.7 Å². The van der Waals surface area contributed by atoms with Crippen LogP contribution < -0.4 is 0 Å². The summed E-state index contributed by atoms with van der Waals surface area (Å²) in [5.74, 6) is 0. The van der Waals surface area contributed by atoms with Gasteiger partial charge in [-0.15, -0.1) is 0 Å². The van der Waals surface area contributed by atoms with Crippen molar-refractivity contribution in [3.63, 3.8) is 0 Å². The van der Waals surface area contributed by atoms with Gasteiger partial charge in [-0.05, 0) is 34.5 Å². The van der Waals surface area contributed by atoms with Gasteiger partial charge in [0, 0.05) is 6.20 Å². The molecule has 2 aromatic rings. The summed E-state index contributed by atoms with van der Waals surface area (Å²) in [6, 6.07) is 1.96. The molecule has 0 spiro atoms. The first kappa shape index (κ1) is 9.96. The molecule has 0 saturated heterocycles. The summed E-state index contributed by atoms with van der Waals surface area (Å²) in [5, 5.41) is 9.47. The number of hydrogen-bond donors (Lipinski definition) is 1. The lowest BCUT2D eigenvalue weighted by Gasteiger charge is -2.01. The third kappa shape index (κ3) is 1.43. The molecule has 0 saturated carbocycles. The number of pyridine rings is 1. The van der Waals surface area contributed by atoms with Crippen molar-refractivity contribution >= 4 is 33.2 Å². The Balaban J connectivity index is 2.87. The van der Waals surface area contributed by atoms with Crippen LogP contribution in [0.2, 0.25) is 5.15 Å². The van der Waals surface area contributed by atoms with E-state index in [9.17, 15) is 0 Å². The third-order valence-electron chi connectivity index (χ3n) is 2.01. The summed E-state index contributed by atoms with van der Waals surface area (Å²) in [5.41, 5.74) is 2.42. The maximum atomic E-state index is 9.13. The van der Waals surface area contributed by atoms with E-state index in [-0.39, 0.29) is 6.61 Å². The van der Waals surface area contributed by atoms with Gasteiger partial charge in [0.1, 0.15) is 0 Å². The molecule has 0 radical (unpaired) electrons. The van der Waals surface area contributed by atoms with E-state index in [1.165, 1.54) is 0 Å². The van der Waals surface area contributed by atoms with E-state index < -0.39 is 0 Å². The molecule has 0 aromatic carbocycles. The molecule has 0 amide bonds. The lowest BCUT2D eigenvalue weighted by molar-refractivity contribution is 0.276. The maximum Gasteiger partial charge on any atom is 0.153 e. The zero-order valence-corrected chi connectivity index (χ0v) is 9.80. The van der Waals surface area contributed by atoms with Gasteiger partial charge in [0.05, 0.1) is 16.8 Å². The van der Waals surface area contributed by atoms with Crippen LogP contribution in [0.1, 0.15) is 11.3 Å². The molecule has 0 bridgehead atoms. The summed E-state index contributed by atoms with van der Waals surface area (Å²) >= 11 is 9.28. The lowest BCUT2D eigenvalue weighted by atomic mass is 10.3. The van der Waals surface area contributed by atoms with Gasteiger partial charge in [-0.2, -0.15) is 0 Å². The minimum Gasteiger partial charge on any atom is -0.390 e. The van der Waals surface area contributed by atoms with Gasteiger partial charge in [-0.1, -0.05) is 11.6 Å². The van der Waals surface area contributed by atoms with Crippen LogP contribution in [0.3, 0.4) is 0 Å². The molecule has 0 aliphatic heterocycles. The van der Waals surface area contributed by atoms with Crippen LogP contribution in [0.4, 0.5) is 0 Å². The second kappa shape index (κ2) is 3.53. The fourth-order valence-corrected chi connectivity index (χ4v) is 2.26. The van der Waals surface area contributed by atoms with Gasteiger partial charge in [-0.3, -0.25) is 4.40 Å². The van der Waals surface area contributed by atoms with Gasteiger partial charge >= 0.3 is 0 Å². The number of aliphatic hydroxyl groups excluding tert-OH is 1. The second-order valence-corrected chi connectivity index (χ2v) is 4.28. The highest BCUT2D eigenvalue weighted by molar-refractivity contribution is 9.10. The molecule has 3 nitrogen and oxygen atoms in total. The first-order valence-corrected chi connectivity index (χ1v) is 5.24. The van der Waals surface area contributed by atoms with Crippen molar-refractivity contribution in [1.82, 2.24) is 9.38 Å². The molecule has 74 valence electrons. The van der Waals surface area contributed by atoms with Crippen molar-refractivity contribution in [2.24, 2.45) is 0 Å². The van der Waals surface area contributed by atoms with Crippen molar-refractivity contribution in [3.05, 3.63) is 33.1 Å². The number of aryl methyl sites for hydroxylation is 1. The molecular formula is C9H8BrClN2O. The Morgan fingerprint density at radius 1 is 1.64 bits per heavy atom. The fraction of sp³-hybridized carbons (Fsp3) is 0.222. The fourth-order valence-electron chi connectivity index (χ4n) is 1.39. The highest BCUT2D eigenvalue weighted by Gasteiger charge is 2.11. The van der Waals surface area contributed by atoms with Crippen molar-refractivity contribution < 1.29 is 5.11 Å². The second-order valence-electron chi connectivity index (χ2n) is 3.07. The molecule has 0 unspecified atom stereocenters. The van der Waals surface area contributed by atoms with Crippen LogP contribution in [0.15, 0.2) is 16.7 Å². The Labute approximate surface area is 94.5 Å².